The maximum atomic E-state index is 2.26. The second kappa shape index (κ2) is 3.78. The summed E-state index contributed by atoms with van der Waals surface area (Å²) in [4.78, 5) is 0. The molecule has 1 heterocycles. The Balaban J connectivity index is 2.75. The molecule has 0 unspecified atom stereocenters. The van der Waals surface area contributed by atoms with E-state index < -0.39 is 0 Å². The second-order valence-corrected chi connectivity index (χ2v) is 4.43. The van der Waals surface area contributed by atoms with E-state index in [1.807, 2.05) is 0 Å². The van der Waals surface area contributed by atoms with Crippen molar-refractivity contribution in [2.45, 2.75) is 20.8 Å². The summed E-state index contributed by atoms with van der Waals surface area (Å²) in [5.74, 6) is 1.27. The Labute approximate surface area is 97.2 Å². The minimum Gasteiger partial charge on any atom is -0.230 e. The van der Waals surface area contributed by atoms with Crippen molar-refractivity contribution in [3.63, 3.8) is 0 Å². The van der Waals surface area contributed by atoms with Crippen LogP contribution in [-0.2, 0) is 14.1 Å². The van der Waals surface area contributed by atoms with Gasteiger partial charge in [-0.25, -0.2) is 9.13 Å². The highest BCUT2D eigenvalue weighted by Crippen LogP contribution is 2.21. The summed E-state index contributed by atoms with van der Waals surface area (Å²) in [6.07, 6.45) is 0. The number of benzene rings is 1. The van der Waals surface area contributed by atoms with Gasteiger partial charge in [0, 0.05) is 13.8 Å². The number of aromatic nitrogens is 2. The summed E-state index contributed by atoms with van der Waals surface area (Å²) < 4.78 is 4.52. The largest absolute Gasteiger partial charge is 0.289 e. The van der Waals surface area contributed by atoms with E-state index in [1.54, 1.807) is 0 Å². The zero-order chi connectivity index (χ0) is 11.9. The van der Waals surface area contributed by atoms with Gasteiger partial charge < -0.3 is 0 Å². The van der Waals surface area contributed by atoms with Gasteiger partial charge in [0.05, 0.1) is 19.7 Å². The van der Waals surface area contributed by atoms with Crippen LogP contribution in [0.1, 0.15) is 17.0 Å². The molecule has 2 heteroatoms. The molecule has 0 radical (unpaired) electrons. The van der Waals surface area contributed by atoms with E-state index in [4.69, 9.17) is 0 Å². The van der Waals surface area contributed by atoms with E-state index in [0.29, 0.717) is 0 Å². The Morgan fingerprint density at radius 3 is 2.19 bits per heavy atom. The van der Waals surface area contributed by atoms with Crippen LogP contribution in [0.3, 0.4) is 0 Å². The standard InChI is InChI=1S/C14H19N2/c1-10-8-6-7-9-13(10)14-15(4)11(2)12(3)16(14)5/h6-9H,1-5H3/q+1. The van der Waals surface area contributed by atoms with Crippen molar-refractivity contribution in [2.75, 3.05) is 0 Å². The Morgan fingerprint density at radius 2 is 1.69 bits per heavy atom. The number of hydrogen-bond acceptors (Lipinski definition) is 0. The first-order valence-electron chi connectivity index (χ1n) is 5.62. The van der Waals surface area contributed by atoms with E-state index in [-0.39, 0.29) is 0 Å². The van der Waals surface area contributed by atoms with Crippen LogP contribution in [0.25, 0.3) is 11.4 Å². The average molecular weight is 215 g/mol. The summed E-state index contributed by atoms with van der Waals surface area (Å²) >= 11 is 0. The molecule has 0 saturated heterocycles. The highest BCUT2D eigenvalue weighted by atomic mass is 15.1. The molecule has 2 rings (SSSR count). The number of rotatable bonds is 1. The number of imidazole rings is 1. The average Bonchev–Trinajstić information content (AvgIpc) is 2.45. The molecule has 1 aromatic carbocycles. The zero-order valence-electron chi connectivity index (χ0n) is 10.7. The fraction of sp³-hybridized carbons (Fsp3) is 0.357. The van der Waals surface area contributed by atoms with Gasteiger partial charge in [-0.2, -0.15) is 0 Å². The smallest absolute Gasteiger partial charge is 0.230 e. The molecular weight excluding hydrogens is 196 g/mol. The molecule has 0 atom stereocenters. The Morgan fingerprint density at radius 1 is 1.06 bits per heavy atom. The van der Waals surface area contributed by atoms with Crippen LogP contribution in [0, 0.1) is 20.8 Å². The SMILES string of the molecule is Cc1ccccc1-c1n(C)c(C)c(C)[n+]1C. The molecular formula is C14H19N2+. The first-order valence-corrected chi connectivity index (χ1v) is 5.62. The van der Waals surface area contributed by atoms with Gasteiger partial charge >= 0.3 is 0 Å². The Bertz CT molecular complexity index is 510. The molecule has 0 amide bonds. The van der Waals surface area contributed by atoms with Crippen molar-refractivity contribution in [3.05, 3.63) is 41.2 Å². The van der Waals surface area contributed by atoms with E-state index in [1.165, 1.54) is 28.3 Å². The van der Waals surface area contributed by atoms with Gasteiger partial charge in [0.1, 0.15) is 11.4 Å². The lowest BCUT2D eigenvalue weighted by Gasteiger charge is -2.02. The molecule has 0 spiro atoms. The normalized spacial score (nSPS) is 10.8. The predicted molar refractivity (Wildman–Crippen MR) is 66.2 cm³/mol. The van der Waals surface area contributed by atoms with Crippen molar-refractivity contribution in [2.24, 2.45) is 14.1 Å². The first kappa shape index (κ1) is 10.9. The molecule has 0 aliphatic heterocycles. The van der Waals surface area contributed by atoms with E-state index >= 15 is 0 Å². The molecule has 0 aliphatic rings. The van der Waals surface area contributed by atoms with Crippen molar-refractivity contribution >= 4 is 0 Å². The van der Waals surface area contributed by atoms with Gasteiger partial charge in [0.25, 0.3) is 5.82 Å². The minimum atomic E-state index is 1.27. The van der Waals surface area contributed by atoms with Crippen LogP contribution in [0.5, 0.6) is 0 Å². The topological polar surface area (TPSA) is 8.81 Å². The third-order valence-corrected chi connectivity index (χ3v) is 3.55. The lowest BCUT2D eigenvalue weighted by atomic mass is 10.1. The quantitative estimate of drug-likeness (QED) is 0.646. The van der Waals surface area contributed by atoms with Gasteiger partial charge in [-0.3, -0.25) is 0 Å². The van der Waals surface area contributed by atoms with Crippen molar-refractivity contribution in [3.8, 4) is 11.4 Å². The van der Waals surface area contributed by atoms with Gasteiger partial charge in [0.2, 0.25) is 0 Å². The highest BCUT2D eigenvalue weighted by Gasteiger charge is 2.22. The lowest BCUT2D eigenvalue weighted by molar-refractivity contribution is -0.665. The summed E-state index contributed by atoms with van der Waals surface area (Å²) in [6.45, 7) is 6.49. The van der Waals surface area contributed by atoms with Crippen molar-refractivity contribution < 1.29 is 4.57 Å². The molecule has 0 fully saturated rings. The molecule has 2 aromatic rings. The Hall–Kier alpha value is -1.57. The predicted octanol–water partition coefficient (Wildman–Crippen LogP) is 2.44. The Kier molecular flexibility index (Phi) is 2.58. The summed E-state index contributed by atoms with van der Waals surface area (Å²) in [7, 11) is 4.26. The fourth-order valence-corrected chi connectivity index (χ4v) is 2.21. The van der Waals surface area contributed by atoms with Crippen LogP contribution < -0.4 is 4.57 Å². The third-order valence-electron chi connectivity index (χ3n) is 3.55. The molecule has 1 aromatic heterocycles. The molecule has 0 N–H and O–H groups in total. The van der Waals surface area contributed by atoms with E-state index in [2.05, 4.69) is 68.3 Å². The highest BCUT2D eigenvalue weighted by molar-refractivity contribution is 5.58. The second-order valence-electron chi connectivity index (χ2n) is 4.43. The molecule has 0 bridgehead atoms. The van der Waals surface area contributed by atoms with E-state index in [9.17, 15) is 0 Å². The molecule has 0 saturated carbocycles. The molecule has 16 heavy (non-hydrogen) atoms. The van der Waals surface area contributed by atoms with Gasteiger partial charge in [-0.05, 0) is 18.6 Å². The fourth-order valence-electron chi connectivity index (χ4n) is 2.21. The monoisotopic (exact) mass is 215 g/mol. The summed E-state index contributed by atoms with van der Waals surface area (Å²) in [5.41, 5.74) is 5.27. The first-order chi connectivity index (χ1) is 7.54. The molecule has 2 nitrogen and oxygen atoms in total. The van der Waals surface area contributed by atoms with Crippen molar-refractivity contribution in [1.82, 2.24) is 4.57 Å². The van der Waals surface area contributed by atoms with Crippen LogP contribution >= 0.6 is 0 Å². The van der Waals surface area contributed by atoms with Gasteiger partial charge in [-0.15, -0.1) is 0 Å². The zero-order valence-corrected chi connectivity index (χ0v) is 10.7. The van der Waals surface area contributed by atoms with Crippen LogP contribution in [0.4, 0.5) is 0 Å². The third kappa shape index (κ3) is 1.45. The molecule has 84 valence electrons. The lowest BCUT2D eigenvalue weighted by Crippen LogP contribution is -2.32. The van der Waals surface area contributed by atoms with E-state index in [0.717, 1.165) is 0 Å². The molecule has 0 aliphatic carbocycles. The minimum absolute atomic E-state index is 1.27. The summed E-state index contributed by atoms with van der Waals surface area (Å²) in [5, 5.41) is 0. The van der Waals surface area contributed by atoms with Crippen LogP contribution in [0.15, 0.2) is 24.3 Å². The number of aryl methyl sites for hydroxylation is 1. The van der Waals surface area contributed by atoms with Gasteiger partial charge in [0.15, 0.2) is 0 Å². The summed E-state index contributed by atoms with van der Waals surface area (Å²) in [6, 6.07) is 8.53. The number of nitrogens with zero attached hydrogens (tertiary/aromatic N) is 2. The maximum absolute atomic E-state index is 2.26. The number of hydrogen-bond donors (Lipinski definition) is 0. The maximum Gasteiger partial charge on any atom is 0.289 e. The van der Waals surface area contributed by atoms with Gasteiger partial charge in [-0.1, -0.05) is 18.2 Å². The van der Waals surface area contributed by atoms with Crippen LogP contribution in [0.2, 0.25) is 0 Å². The van der Waals surface area contributed by atoms with Crippen molar-refractivity contribution in [1.29, 1.82) is 0 Å². The van der Waals surface area contributed by atoms with Crippen LogP contribution in [-0.4, -0.2) is 4.57 Å².